The molecule has 0 radical (unpaired) electrons. The first-order valence-electron chi connectivity index (χ1n) is 9.62. The summed E-state index contributed by atoms with van der Waals surface area (Å²) in [6, 6.07) is 21.5. The van der Waals surface area contributed by atoms with Crippen molar-refractivity contribution in [1.82, 2.24) is 4.98 Å². The van der Waals surface area contributed by atoms with Crippen LogP contribution >= 0.6 is 11.3 Å². The van der Waals surface area contributed by atoms with Crippen LogP contribution in [0.15, 0.2) is 66.7 Å². The summed E-state index contributed by atoms with van der Waals surface area (Å²) in [5, 5.41) is 3.46. The van der Waals surface area contributed by atoms with Crippen LogP contribution in [-0.2, 0) is 12.8 Å². The van der Waals surface area contributed by atoms with Gasteiger partial charge >= 0.3 is 0 Å². The van der Waals surface area contributed by atoms with Gasteiger partial charge in [0.05, 0.1) is 24.4 Å². The zero-order chi connectivity index (χ0) is 20.9. The molecule has 1 heterocycles. The van der Waals surface area contributed by atoms with Gasteiger partial charge in [-0.25, -0.2) is 4.98 Å². The van der Waals surface area contributed by atoms with Crippen LogP contribution in [-0.4, -0.2) is 25.1 Å². The molecule has 1 aromatic heterocycles. The SMILES string of the molecule is COc1cccc(CCc2ccc(C(=O)Nc3nc4ccc(OC)cc4s3)cc2)c1. The van der Waals surface area contributed by atoms with E-state index in [1.807, 2.05) is 54.6 Å². The normalized spacial score (nSPS) is 10.7. The summed E-state index contributed by atoms with van der Waals surface area (Å²) in [6.07, 6.45) is 1.81. The first kappa shape index (κ1) is 19.9. The largest absolute Gasteiger partial charge is 0.497 e. The molecular formula is C24H22N2O3S. The quantitative estimate of drug-likeness (QED) is 0.439. The summed E-state index contributed by atoms with van der Waals surface area (Å²) >= 11 is 1.43. The Bertz CT molecular complexity index is 1170. The zero-order valence-corrected chi connectivity index (χ0v) is 17.7. The van der Waals surface area contributed by atoms with Gasteiger partial charge < -0.3 is 9.47 Å². The summed E-state index contributed by atoms with van der Waals surface area (Å²) in [4.78, 5) is 17.1. The molecule has 0 spiro atoms. The van der Waals surface area contributed by atoms with Crippen LogP contribution in [0.3, 0.4) is 0 Å². The third-order valence-corrected chi connectivity index (χ3v) is 5.80. The number of aryl methyl sites for hydroxylation is 2. The number of hydrogen-bond acceptors (Lipinski definition) is 5. The first-order chi connectivity index (χ1) is 14.6. The summed E-state index contributed by atoms with van der Waals surface area (Å²) in [7, 11) is 3.30. The van der Waals surface area contributed by atoms with Gasteiger partial charge in [0.15, 0.2) is 5.13 Å². The number of rotatable bonds is 7. The predicted molar refractivity (Wildman–Crippen MR) is 121 cm³/mol. The van der Waals surface area contributed by atoms with Crippen molar-refractivity contribution < 1.29 is 14.3 Å². The highest BCUT2D eigenvalue weighted by molar-refractivity contribution is 7.22. The Kier molecular flexibility index (Phi) is 5.95. The second-order valence-corrected chi connectivity index (χ2v) is 7.89. The topological polar surface area (TPSA) is 60.5 Å². The van der Waals surface area contributed by atoms with Gasteiger partial charge in [0.2, 0.25) is 0 Å². The minimum atomic E-state index is -0.166. The fraction of sp³-hybridized carbons (Fsp3) is 0.167. The summed E-state index contributed by atoms with van der Waals surface area (Å²) in [6.45, 7) is 0. The van der Waals surface area contributed by atoms with Crippen molar-refractivity contribution in [2.45, 2.75) is 12.8 Å². The molecule has 0 aliphatic rings. The average Bonchev–Trinajstić information content (AvgIpc) is 3.19. The molecule has 4 rings (SSSR count). The standard InChI is InChI=1S/C24H22N2O3S/c1-28-19-5-3-4-17(14-19)7-6-16-8-10-18(11-9-16)23(27)26-24-25-21-13-12-20(29-2)15-22(21)30-24/h3-5,8-15H,6-7H2,1-2H3,(H,25,26,27). The Morgan fingerprint density at radius 3 is 2.40 bits per heavy atom. The molecule has 0 aliphatic heterocycles. The fourth-order valence-corrected chi connectivity index (χ4v) is 4.08. The number of fused-ring (bicyclic) bond motifs is 1. The van der Waals surface area contributed by atoms with E-state index in [1.165, 1.54) is 22.5 Å². The van der Waals surface area contributed by atoms with Crippen LogP contribution in [0.2, 0.25) is 0 Å². The Balaban J connectivity index is 1.39. The smallest absolute Gasteiger partial charge is 0.257 e. The molecule has 0 unspecified atom stereocenters. The van der Waals surface area contributed by atoms with E-state index in [0.29, 0.717) is 10.7 Å². The Labute approximate surface area is 179 Å². The number of methoxy groups -OCH3 is 2. The molecule has 5 nitrogen and oxygen atoms in total. The number of carbonyl (C=O) groups excluding carboxylic acids is 1. The van der Waals surface area contributed by atoms with E-state index in [0.717, 1.165) is 34.6 Å². The van der Waals surface area contributed by atoms with E-state index >= 15 is 0 Å². The van der Waals surface area contributed by atoms with E-state index < -0.39 is 0 Å². The Hall–Kier alpha value is -3.38. The number of hydrogen-bond donors (Lipinski definition) is 1. The number of nitrogens with one attached hydrogen (secondary N) is 1. The molecule has 1 amide bonds. The highest BCUT2D eigenvalue weighted by atomic mass is 32.1. The van der Waals surface area contributed by atoms with Gasteiger partial charge in [0.1, 0.15) is 11.5 Å². The van der Waals surface area contributed by atoms with Crippen LogP contribution < -0.4 is 14.8 Å². The van der Waals surface area contributed by atoms with E-state index in [2.05, 4.69) is 22.4 Å². The van der Waals surface area contributed by atoms with E-state index in [9.17, 15) is 4.79 Å². The molecule has 0 fully saturated rings. The molecule has 152 valence electrons. The Morgan fingerprint density at radius 2 is 1.63 bits per heavy atom. The van der Waals surface area contributed by atoms with Gasteiger partial charge in [-0.2, -0.15) is 0 Å². The number of nitrogens with zero attached hydrogens (tertiary/aromatic N) is 1. The van der Waals surface area contributed by atoms with Crippen LogP contribution in [0.1, 0.15) is 21.5 Å². The number of amides is 1. The van der Waals surface area contributed by atoms with Crippen LogP contribution in [0, 0.1) is 0 Å². The predicted octanol–water partition coefficient (Wildman–Crippen LogP) is 5.35. The zero-order valence-electron chi connectivity index (χ0n) is 16.8. The van der Waals surface area contributed by atoms with Gasteiger partial charge in [-0.1, -0.05) is 35.6 Å². The van der Waals surface area contributed by atoms with Crippen molar-refractivity contribution in [2.24, 2.45) is 0 Å². The molecular weight excluding hydrogens is 396 g/mol. The van der Waals surface area contributed by atoms with Gasteiger partial charge in [-0.3, -0.25) is 10.1 Å². The average molecular weight is 419 g/mol. The summed E-state index contributed by atoms with van der Waals surface area (Å²) in [5.41, 5.74) is 3.85. The summed E-state index contributed by atoms with van der Waals surface area (Å²) < 4.78 is 11.5. The van der Waals surface area contributed by atoms with Crippen LogP contribution in [0.4, 0.5) is 5.13 Å². The van der Waals surface area contributed by atoms with E-state index in [1.54, 1.807) is 14.2 Å². The number of thiazole rings is 1. The minimum Gasteiger partial charge on any atom is -0.497 e. The number of anilines is 1. The first-order valence-corrected chi connectivity index (χ1v) is 10.4. The lowest BCUT2D eigenvalue weighted by Crippen LogP contribution is -2.11. The molecule has 0 saturated heterocycles. The van der Waals surface area contributed by atoms with Crippen LogP contribution in [0.25, 0.3) is 10.2 Å². The molecule has 3 aromatic carbocycles. The lowest BCUT2D eigenvalue weighted by Gasteiger charge is -2.06. The van der Waals surface area contributed by atoms with E-state index in [-0.39, 0.29) is 5.91 Å². The highest BCUT2D eigenvalue weighted by Crippen LogP contribution is 2.29. The number of carbonyl (C=O) groups is 1. The van der Waals surface area contributed by atoms with Gasteiger partial charge in [0.25, 0.3) is 5.91 Å². The molecule has 30 heavy (non-hydrogen) atoms. The van der Waals surface area contributed by atoms with Crippen molar-refractivity contribution in [2.75, 3.05) is 19.5 Å². The van der Waals surface area contributed by atoms with Gasteiger partial charge in [-0.05, 0) is 66.4 Å². The van der Waals surface area contributed by atoms with Crippen molar-refractivity contribution in [3.63, 3.8) is 0 Å². The van der Waals surface area contributed by atoms with Gasteiger partial charge in [0, 0.05) is 5.56 Å². The van der Waals surface area contributed by atoms with E-state index in [4.69, 9.17) is 9.47 Å². The Morgan fingerprint density at radius 1 is 0.900 bits per heavy atom. The lowest BCUT2D eigenvalue weighted by atomic mass is 10.0. The molecule has 4 aromatic rings. The number of aromatic nitrogens is 1. The highest BCUT2D eigenvalue weighted by Gasteiger charge is 2.11. The van der Waals surface area contributed by atoms with Crippen molar-refractivity contribution in [1.29, 1.82) is 0 Å². The van der Waals surface area contributed by atoms with Crippen molar-refractivity contribution in [3.05, 3.63) is 83.4 Å². The maximum Gasteiger partial charge on any atom is 0.257 e. The molecule has 0 bridgehead atoms. The lowest BCUT2D eigenvalue weighted by molar-refractivity contribution is 0.102. The third kappa shape index (κ3) is 4.60. The van der Waals surface area contributed by atoms with Crippen LogP contribution in [0.5, 0.6) is 11.5 Å². The maximum absolute atomic E-state index is 12.6. The molecule has 0 atom stereocenters. The second kappa shape index (κ2) is 8.97. The second-order valence-electron chi connectivity index (χ2n) is 6.86. The number of ether oxygens (including phenoxy) is 2. The number of benzene rings is 3. The van der Waals surface area contributed by atoms with Crippen molar-refractivity contribution in [3.8, 4) is 11.5 Å². The fourth-order valence-electron chi connectivity index (χ4n) is 3.19. The summed E-state index contributed by atoms with van der Waals surface area (Å²) in [5.74, 6) is 1.47. The molecule has 0 aliphatic carbocycles. The third-order valence-electron chi connectivity index (χ3n) is 4.87. The molecule has 6 heteroatoms. The van der Waals surface area contributed by atoms with Gasteiger partial charge in [-0.15, -0.1) is 0 Å². The molecule has 1 N–H and O–H groups in total. The van der Waals surface area contributed by atoms with Crippen molar-refractivity contribution >= 4 is 32.6 Å². The molecule has 0 saturated carbocycles. The maximum atomic E-state index is 12.6. The minimum absolute atomic E-state index is 0.166. The monoisotopic (exact) mass is 418 g/mol.